The van der Waals surface area contributed by atoms with Crippen LogP contribution in [0.2, 0.25) is 0 Å². The van der Waals surface area contributed by atoms with Gasteiger partial charge in [-0.3, -0.25) is 19.7 Å². The summed E-state index contributed by atoms with van der Waals surface area (Å²) in [5.74, 6) is -1.60. The van der Waals surface area contributed by atoms with E-state index in [2.05, 4.69) is 15.6 Å². The van der Waals surface area contributed by atoms with E-state index >= 15 is 0 Å². The van der Waals surface area contributed by atoms with Gasteiger partial charge in [-0.25, -0.2) is 4.68 Å². The molecule has 10 nitrogen and oxygen atoms in total. The second kappa shape index (κ2) is 6.67. The Balaban J connectivity index is 2.23. The highest BCUT2D eigenvalue weighted by atomic mass is 16.6. The predicted molar refractivity (Wildman–Crippen MR) is 86.5 cm³/mol. The molecular formula is C15H17N5O5. The molecule has 0 aliphatic carbocycles. The summed E-state index contributed by atoms with van der Waals surface area (Å²) in [6.07, 6.45) is 0. The predicted octanol–water partition coefficient (Wildman–Crippen LogP) is 1.32. The SMILES string of the molecule is Cc1c(C(=O)NCC(C)(C)C(=O)O)nnn1-c1cccc([N+](=O)[O-])c1. The molecule has 132 valence electrons. The number of aliphatic carboxylic acids is 1. The summed E-state index contributed by atoms with van der Waals surface area (Å²) in [5.41, 5.74) is -0.441. The molecule has 0 unspecified atom stereocenters. The average molecular weight is 347 g/mol. The highest BCUT2D eigenvalue weighted by molar-refractivity contribution is 5.93. The number of aromatic nitrogens is 3. The summed E-state index contributed by atoms with van der Waals surface area (Å²) in [6.45, 7) is 4.49. The first-order valence-electron chi connectivity index (χ1n) is 7.32. The number of nitrogens with one attached hydrogen (secondary N) is 1. The fraction of sp³-hybridized carbons (Fsp3) is 0.333. The molecule has 2 N–H and O–H groups in total. The maximum atomic E-state index is 12.2. The minimum Gasteiger partial charge on any atom is -0.481 e. The first kappa shape index (κ1) is 18.0. The Labute approximate surface area is 142 Å². The number of benzene rings is 1. The van der Waals surface area contributed by atoms with E-state index in [0.717, 1.165) is 0 Å². The number of nitro benzene ring substituents is 1. The van der Waals surface area contributed by atoms with Crippen molar-refractivity contribution >= 4 is 17.6 Å². The Morgan fingerprint density at radius 2 is 2.08 bits per heavy atom. The van der Waals surface area contributed by atoms with Crippen LogP contribution in [0.15, 0.2) is 24.3 Å². The summed E-state index contributed by atoms with van der Waals surface area (Å²) in [6, 6.07) is 5.77. The first-order chi connectivity index (χ1) is 11.6. The minimum atomic E-state index is -1.13. The maximum Gasteiger partial charge on any atom is 0.310 e. The zero-order valence-electron chi connectivity index (χ0n) is 13.9. The topological polar surface area (TPSA) is 140 Å². The molecule has 1 heterocycles. The number of non-ortho nitro benzene ring substituents is 1. The Morgan fingerprint density at radius 3 is 2.68 bits per heavy atom. The van der Waals surface area contributed by atoms with Crippen molar-refractivity contribution in [1.82, 2.24) is 20.3 Å². The molecular weight excluding hydrogens is 330 g/mol. The fourth-order valence-electron chi connectivity index (χ4n) is 1.98. The standard InChI is InChI=1S/C15H17N5O5/c1-9-12(13(21)16-8-15(2,3)14(22)23)17-18-19(9)10-5-4-6-11(7-10)20(24)25/h4-7H,8H2,1-3H3,(H,16,21)(H,22,23). The molecule has 0 aliphatic heterocycles. The van der Waals surface area contributed by atoms with Crippen LogP contribution in [0.4, 0.5) is 5.69 Å². The van der Waals surface area contributed by atoms with Crippen LogP contribution in [0.5, 0.6) is 0 Å². The lowest BCUT2D eigenvalue weighted by Crippen LogP contribution is -2.39. The number of carboxylic acids is 1. The van der Waals surface area contributed by atoms with Crippen molar-refractivity contribution in [3.63, 3.8) is 0 Å². The lowest BCUT2D eigenvalue weighted by molar-refractivity contribution is -0.384. The van der Waals surface area contributed by atoms with Crippen LogP contribution in [-0.4, -0.2) is 43.4 Å². The molecule has 10 heteroatoms. The number of carbonyl (C=O) groups excluding carboxylic acids is 1. The van der Waals surface area contributed by atoms with E-state index in [0.29, 0.717) is 11.4 Å². The van der Waals surface area contributed by atoms with E-state index in [-0.39, 0.29) is 17.9 Å². The van der Waals surface area contributed by atoms with Gasteiger partial charge in [-0.05, 0) is 26.8 Å². The summed E-state index contributed by atoms with van der Waals surface area (Å²) >= 11 is 0. The third-order valence-electron chi connectivity index (χ3n) is 3.66. The minimum absolute atomic E-state index is 0.0210. The van der Waals surface area contributed by atoms with Crippen molar-refractivity contribution in [2.45, 2.75) is 20.8 Å². The van der Waals surface area contributed by atoms with Gasteiger partial charge in [0, 0.05) is 18.7 Å². The van der Waals surface area contributed by atoms with Gasteiger partial charge in [-0.2, -0.15) is 0 Å². The number of hydrogen-bond donors (Lipinski definition) is 2. The van der Waals surface area contributed by atoms with Gasteiger partial charge in [0.15, 0.2) is 5.69 Å². The Kier molecular flexibility index (Phi) is 4.82. The summed E-state index contributed by atoms with van der Waals surface area (Å²) in [7, 11) is 0. The van der Waals surface area contributed by atoms with E-state index in [1.54, 1.807) is 13.0 Å². The number of carbonyl (C=O) groups is 2. The molecule has 0 spiro atoms. The van der Waals surface area contributed by atoms with Gasteiger partial charge in [-0.1, -0.05) is 11.3 Å². The van der Waals surface area contributed by atoms with Crippen LogP contribution in [0.1, 0.15) is 30.0 Å². The monoisotopic (exact) mass is 347 g/mol. The van der Waals surface area contributed by atoms with Gasteiger partial charge in [0.2, 0.25) is 0 Å². The maximum absolute atomic E-state index is 12.2. The molecule has 0 saturated carbocycles. The van der Waals surface area contributed by atoms with Gasteiger partial charge in [-0.15, -0.1) is 5.10 Å². The molecule has 1 aromatic heterocycles. The van der Waals surface area contributed by atoms with Crippen LogP contribution in [0.3, 0.4) is 0 Å². The van der Waals surface area contributed by atoms with Crippen molar-refractivity contribution in [2.24, 2.45) is 5.41 Å². The highest BCUT2D eigenvalue weighted by Crippen LogP contribution is 2.19. The Hall–Kier alpha value is -3.30. The van der Waals surface area contributed by atoms with Gasteiger partial charge in [0.25, 0.3) is 11.6 Å². The van der Waals surface area contributed by atoms with Crippen molar-refractivity contribution in [1.29, 1.82) is 0 Å². The van der Waals surface area contributed by atoms with Crippen LogP contribution in [0.25, 0.3) is 5.69 Å². The lowest BCUT2D eigenvalue weighted by atomic mass is 9.94. The van der Waals surface area contributed by atoms with Gasteiger partial charge >= 0.3 is 5.97 Å². The molecule has 0 bridgehead atoms. The number of nitro groups is 1. The second-order valence-electron chi connectivity index (χ2n) is 6.08. The fourth-order valence-corrected chi connectivity index (χ4v) is 1.98. The van der Waals surface area contributed by atoms with Crippen LogP contribution in [-0.2, 0) is 4.79 Å². The Bertz CT molecular complexity index is 843. The summed E-state index contributed by atoms with van der Waals surface area (Å²) in [5, 5.41) is 30.1. The molecule has 1 aromatic carbocycles. The van der Waals surface area contributed by atoms with Crippen molar-refractivity contribution in [3.05, 3.63) is 45.8 Å². The zero-order valence-corrected chi connectivity index (χ0v) is 13.9. The lowest BCUT2D eigenvalue weighted by Gasteiger charge is -2.19. The van der Waals surface area contributed by atoms with E-state index in [4.69, 9.17) is 5.11 Å². The number of nitrogens with zero attached hydrogens (tertiary/aromatic N) is 4. The van der Waals surface area contributed by atoms with E-state index in [1.807, 2.05) is 0 Å². The highest BCUT2D eigenvalue weighted by Gasteiger charge is 2.28. The number of carboxylic acid groups (broad SMARTS) is 1. The number of hydrogen-bond acceptors (Lipinski definition) is 6. The molecule has 1 amide bonds. The van der Waals surface area contributed by atoms with Crippen LogP contribution in [0, 0.1) is 22.5 Å². The van der Waals surface area contributed by atoms with Gasteiger partial charge in [0.1, 0.15) is 0 Å². The molecule has 2 aromatic rings. The summed E-state index contributed by atoms with van der Waals surface area (Å²) in [4.78, 5) is 33.6. The second-order valence-corrected chi connectivity index (χ2v) is 6.08. The Morgan fingerprint density at radius 1 is 1.40 bits per heavy atom. The molecule has 0 aliphatic rings. The van der Waals surface area contributed by atoms with Crippen molar-refractivity contribution in [3.8, 4) is 5.69 Å². The van der Waals surface area contributed by atoms with E-state index < -0.39 is 22.2 Å². The molecule has 0 atom stereocenters. The molecule has 0 saturated heterocycles. The average Bonchev–Trinajstić information content (AvgIpc) is 2.94. The molecule has 25 heavy (non-hydrogen) atoms. The smallest absolute Gasteiger partial charge is 0.310 e. The zero-order chi connectivity index (χ0) is 18.8. The summed E-state index contributed by atoms with van der Waals surface area (Å²) < 4.78 is 1.31. The quantitative estimate of drug-likeness (QED) is 0.593. The van der Waals surface area contributed by atoms with Gasteiger partial charge < -0.3 is 10.4 Å². The number of amides is 1. The van der Waals surface area contributed by atoms with Crippen molar-refractivity contribution in [2.75, 3.05) is 6.54 Å². The number of rotatable bonds is 6. The van der Waals surface area contributed by atoms with E-state index in [9.17, 15) is 19.7 Å². The largest absolute Gasteiger partial charge is 0.481 e. The third kappa shape index (κ3) is 3.79. The first-order valence-corrected chi connectivity index (χ1v) is 7.32. The third-order valence-corrected chi connectivity index (χ3v) is 3.66. The van der Waals surface area contributed by atoms with Crippen molar-refractivity contribution < 1.29 is 19.6 Å². The van der Waals surface area contributed by atoms with Crippen LogP contribution >= 0.6 is 0 Å². The van der Waals surface area contributed by atoms with Crippen LogP contribution < -0.4 is 5.32 Å². The van der Waals surface area contributed by atoms with Gasteiger partial charge in [0.05, 0.1) is 21.7 Å². The molecule has 0 fully saturated rings. The molecule has 2 rings (SSSR count). The molecule has 0 radical (unpaired) electrons. The van der Waals surface area contributed by atoms with E-state index in [1.165, 1.54) is 36.7 Å². The normalized spacial score (nSPS) is 11.2.